The lowest BCUT2D eigenvalue weighted by Crippen LogP contribution is -2.37. The van der Waals surface area contributed by atoms with Crippen molar-refractivity contribution >= 4 is 16.7 Å². The minimum Gasteiger partial charge on any atom is -0.356 e. The van der Waals surface area contributed by atoms with Crippen LogP contribution in [0, 0.1) is 5.92 Å². The second-order valence-electron chi connectivity index (χ2n) is 5.20. The van der Waals surface area contributed by atoms with Gasteiger partial charge in [-0.1, -0.05) is 12.1 Å². The van der Waals surface area contributed by atoms with Crippen LogP contribution >= 0.6 is 0 Å². The second kappa shape index (κ2) is 5.53. The molecule has 0 atom stereocenters. The molecule has 1 N–H and O–H groups in total. The van der Waals surface area contributed by atoms with Gasteiger partial charge in [-0.25, -0.2) is 9.97 Å². The van der Waals surface area contributed by atoms with Gasteiger partial charge < -0.3 is 10.2 Å². The number of nitrogens with zero attached hydrogens (tertiary/aromatic N) is 3. The average molecular weight is 256 g/mol. The molecule has 0 amide bonds. The summed E-state index contributed by atoms with van der Waals surface area (Å²) in [5, 5.41) is 4.44. The monoisotopic (exact) mass is 256 g/mol. The Balaban J connectivity index is 1.82. The van der Waals surface area contributed by atoms with Crippen molar-refractivity contribution in [3.05, 3.63) is 30.6 Å². The van der Waals surface area contributed by atoms with Crippen molar-refractivity contribution in [2.45, 2.75) is 12.8 Å². The second-order valence-corrected chi connectivity index (χ2v) is 5.20. The standard InChI is InChI=1S/C15H20N4/c1-16-10-12-6-8-19(9-7-12)15-13-4-2-3-5-14(13)17-11-18-15/h2-5,11-12,16H,6-10H2,1H3. The van der Waals surface area contributed by atoms with Crippen LogP contribution in [0.4, 0.5) is 5.82 Å². The highest BCUT2D eigenvalue weighted by Gasteiger charge is 2.20. The van der Waals surface area contributed by atoms with Crippen LogP contribution in [0.15, 0.2) is 30.6 Å². The fourth-order valence-corrected chi connectivity index (χ4v) is 2.88. The predicted octanol–water partition coefficient (Wildman–Crippen LogP) is 2.07. The summed E-state index contributed by atoms with van der Waals surface area (Å²) in [4.78, 5) is 11.2. The molecule has 1 aliphatic heterocycles. The molecule has 0 unspecified atom stereocenters. The van der Waals surface area contributed by atoms with Crippen molar-refractivity contribution in [1.29, 1.82) is 0 Å². The summed E-state index contributed by atoms with van der Waals surface area (Å²) in [6, 6.07) is 8.25. The van der Waals surface area contributed by atoms with E-state index < -0.39 is 0 Å². The third-order valence-corrected chi connectivity index (χ3v) is 3.93. The van der Waals surface area contributed by atoms with E-state index in [2.05, 4.69) is 32.3 Å². The molecule has 4 heteroatoms. The maximum Gasteiger partial charge on any atom is 0.139 e. The molecular weight excluding hydrogens is 236 g/mol. The topological polar surface area (TPSA) is 41.0 Å². The lowest BCUT2D eigenvalue weighted by Gasteiger charge is -2.33. The maximum absolute atomic E-state index is 4.50. The van der Waals surface area contributed by atoms with E-state index in [9.17, 15) is 0 Å². The molecule has 3 rings (SSSR count). The van der Waals surface area contributed by atoms with Crippen LogP contribution in [0.1, 0.15) is 12.8 Å². The number of piperidine rings is 1. The third kappa shape index (κ3) is 2.54. The first-order valence-electron chi connectivity index (χ1n) is 6.98. The molecule has 2 heterocycles. The van der Waals surface area contributed by atoms with E-state index in [-0.39, 0.29) is 0 Å². The summed E-state index contributed by atoms with van der Waals surface area (Å²) in [7, 11) is 2.03. The summed E-state index contributed by atoms with van der Waals surface area (Å²) in [5.41, 5.74) is 1.03. The lowest BCUT2D eigenvalue weighted by molar-refractivity contribution is 0.392. The number of aromatic nitrogens is 2. The Morgan fingerprint density at radius 3 is 2.79 bits per heavy atom. The fraction of sp³-hybridized carbons (Fsp3) is 0.467. The predicted molar refractivity (Wildman–Crippen MR) is 78.4 cm³/mol. The summed E-state index contributed by atoms with van der Waals surface area (Å²) in [5.74, 6) is 1.89. The first-order valence-corrected chi connectivity index (χ1v) is 6.98. The van der Waals surface area contributed by atoms with Crippen molar-refractivity contribution in [2.24, 2.45) is 5.92 Å². The Labute approximate surface area is 113 Å². The number of nitrogens with one attached hydrogen (secondary N) is 1. The van der Waals surface area contributed by atoms with Crippen LogP contribution in [0.2, 0.25) is 0 Å². The number of rotatable bonds is 3. The molecule has 1 aromatic heterocycles. The van der Waals surface area contributed by atoms with Gasteiger partial charge in [0.25, 0.3) is 0 Å². The van der Waals surface area contributed by atoms with E-state index in [0.29, 0.717) is 0 Å². The SMILES string of the molecule is CNCC1CCN(c2ncnc3ccccc23)CC1. The fourth-order valence-electron chi connectivity index (χ4n) is 2.88. The summed E-state index contributed by atoms with van der Waals surface area (Å²) < 4.78 is 0. The molecule has 0 aliphatic carbocycles. The van der Waals surface area contributed by atoms with Crippen molar-refractivity contribution in [3.8, 4) is 0 Å². The quantitative estimate of drug-likeness (QED) is 0.912. The zero-order valence-electron chi connectivity index (χ0n) is 11.3. The number of benzene rings is 1. The molecular formula is C15H20N4. The Morgan fingerprint density at radius 1 is 1.21 bits per heavy atom. The molecule has 4 nitrogen and oxygen atoms in total. The first-order chi connectivity index (χ1) is 9.38. The van der Waals surface area contributed by atoms with Gasteiger partial charge in [0.15, 0.2) is 0 Å². The van der Waals surface area contributed by atoms with E-state index in [0.717, 1.165) is 42.3 Å². The van der Waals surface area contributed by atoms with Crippen LogP contribution in [0.3, 0.4) is 0 Å². The molecule has 1 aliphatic rings. The van der Waals surface area contributed by atoms with Crippen molar-refractivity contribution in [3.63, 3.8) is 0 Å². The van der Waals surface area contributed by atoms with Crippen LogP contribution in [-0.2, 0) is 0 Å². The van der Waals surface area contributed by atoms with Gasteiger partial charge in [0.05, 0.1) is 5.52 Å². The molecule has 0 spiro atoms. The number of para-hydroxylation sites is 1. The average Bonchev–Trinajstić information content (AvgIpc) is 2.48. The molecule has 19 heavy (non-hydrogen) atoms. The lowest BCUT2D eigenvalue weighted by atomic mass is 9.96. The molecule has 0 radical (unpaired) electrons. The smallest absolute Gasteiger partial charge is 0.139 e. The van der Waals surface area contributed by atoms with Gasteiger partial charge in [0.2, 0.25) is 0 Å². The van der Waals surface area contributed by atoms with E-state index in [1.165, 1.54) is 12.8 Å². The van der Waals surface area contributed by atoms with Gasteiger partial charge >= 0.3 is 0 Å². The minimum absolute atomic E-state index is 0.800. The van der Waals surface area contributed by atoms with Gasteiger partial charge in [0.1, 0.15) is 12.1 Å². The number of anilines is 1. The number of hydrogen-bond acceptors (Lipinski definition) is 4. The van der Waals surface area contributed by atoms with Crippen molar-refractivity contribution in [1.82, 2.24) is 15.3 Å². The van der Waals surface area contributed by atoms with Gasteiger partial charge in [-0.15, -0.1) is 0 Å². The Bertz CT molecular complexity index is 541. The number of fused-ring (bicyclic) bond motifs is 1. The van der Waals surface area contributed by atoms with E-state index in [4.69, 9.17) is 0 Å². The molecule has 2 aromatic rings. The van der Waals surface area contributed by atoms with E-state index in [1.807, 2.05) is 19.2 Å². The van der Waals surface area contributed by atoms with Gasteiger partial charge in [0, 0.05) is 18.5 Å². The van der Waals surface area contributed by atoms with Gasteiger partial charge in [-0.2, -0.15) is 0 Å². The van der Waals surface area contributed by atoms with Gasteiger partial charge in [-0.05, 0) is 44.5 Å². The van der Waals surface area contributed by atoms with Crippen LogP contribution in [0.25, 0.3) is 10.9 Å². The Morgan fingerprint density at radius 2 is 2.00 bits per heavy atom. The molecule has 0 saturated carbocycles. The summed E-state index contributed by atoms with van der Waals surface area (Å²) in [6.07, 6.45) is 4.15. The molecule has 100 valence electrons. The Kier molecular flexibility index (Phi) is 3.60. The zero-order valence-corrected chi connectivity index (χ0v) is 11.3. The zero-order chi connectivity index (χ0) is 13.1. The maximum atomic E-state index is 4.50. The van der Waals surface area contributed by atoms with Crippen LogP contribution in [0.5, 0.6) is 0 Å². The first kappa shape index (κ1) is 12.4. The van der Waals surface area contributed by atoms with E-state index in [1.54, 1.807) is 6.33 Å². The molecule has 1 aromatic carbocycles. The summed E-state index contributed by atoms with van der Waals surface area (Å²) in [6.45, 7) is 3.30. The largest absolute Gasteiger partial charge is 0.356 e. The number of hydrogen-bond donors (Lipinski definition) is 1. The van der Waals surface area contributed by atoms with Crippen molar-refractivity contribution in [2.75, 3.05) is 31.6 Å². The normalized spacial score (nSPS) is 17.0. The Hall–Kier alpha value is -1.68. The van der Waals surface area contributed by atoms with Crippen molar-refractivity contribution < 1.29 is 0 Å². The molecule has 0 bridgehead atoms. The molecule has 1 saturated heterocycles. The highest BCUT2D eigenvalue weighted by atomic mass is 15.2. The van der Waals surface area contributed by atoms with Crippen LogP contribution < -0.4 is 10.2 Å². The van der Waals surface area contributed by atoms with Crippen LogP contribution in [-0.4, -0.2) is 36.6 Å². The minimum atomic E-state index is 0.800. The highest BCUT2D eigenvalue weighted by Crippen LogP contribution is 2.26. The van der Waals surface area contributed by atoms with E-state index >= 15 is 0 Å². The summed E-state index contributed by atoms with van der Waals surface area (Å²) >= 11 is 0. The molecule has 1 fully saturated rings. The van der Waals surface area contributed by atoms with Gasteiger partial charge in [-0.3, -0.25) is 0 Å². The third-order valence-electron chi connectivity index (χ3n) is 3.93. The highest BCUT2D eigenvalue weighted by molar-refractivity contribution is 5.89.